The number of hydrogen-bond donors (Lipinski definition) is 1. The van der Waals surface area contributed by atoms with E-state index in [-0.39, 0.29) is 11.1 Å². The quantitative estimate of drug-likeness (QED) is 0.784. The third-order valence-corrected chi connectivity index (χ3v) is 3.29. The van der Waals surface area contributed by atoms with E-state index < -0.39 is 17.7 Å². The van der Waals surface area contributed by atoms with E-state index in [0.717, 1.165) is 0 Å². The number of carboxylic acids is 1. The molecule has 0 spiro atoms. The number of carbonyl (C=O) groups excluding carboxylic acids is 1. The van der Waals surface area contributed by atoms with Crippen molar-refractivity contribution >= 4 is 12.1 Å². The maximum Gasteiger partial charge on any atom is 0.455 e. The van der Waals surface area contributed by atoms with Crippen LogP contribution in [0.2, 0.25) is 0 Å². The van der Waals surface area contributed by atoms with Crippen molar-refractivity contribution < 1.29 is 28.8 Å². The van der Waals surface area contributed by atoms with E-state index in [0.29, 0.717) is 32.8 Å². The Morgan fingerprint density at radius 2 is 1.85 bits per heavy atom. The van der Waals surface area contributed by atoms with Crippen LogP contribution in [0.1, 0.15) is 27.7 Å². The lowest BCUT2D eigenvalue weighted by Crippen LogP contribution is -2.67. The zero-order chi connectivity index (χ0) is 15.4. The Morgan fingerprint density at radius 3 is 2.25 bits per heavy atom. The monoisotopic (exact) mass is 289 g/mol. The molecule has 0 aromatic rings. The zero-order valence-corrected chi connectivity index (χ0v) is 12.7. The average molecular weight is 289 g/mol. The van der Waals surface area contributed by atoms with Gasteiger partial charge < -0.3 is 14.6 Å². The molecule has 1 aliphatic heterocycles. The molecule has 0 saturated carbocycles. The Labute approximate surface area is 119 Å². The lowest BCUT2D eigenvalue weighted by atomic mass is 10.2. The lowest BCUT2D eigenvalue weighted by molar-refractivity contribution is -1.03. The van der Waals surface area contributed by atoms with E-state index in [1.165, 1.54) is 5.01 Å². The van der Waals surface area contributed by atoms with Crippen molar-refractivity contribution in [2.24, 2.45) is 0 Å². The molecule has 1 rings (SSSR count). The molecule has 1 N–H and O–H groups in total. The molecule has 1 amide bonds. The van der Waals surface area contributed by atoms with Gasteiger partial charge in [0, 0.05) is 0 Å². The van der Waals surface area contributed by atoms with Crippen LogP contribution in [0.25, 0.3) is 0 Å². The Bertz CT molecular complexity index is 358. The van der Waals surface area contributed by atoms with Crippen molar-refractivity contribution in [1.82, 2.24) is 5.01 Å². The minimum absolute atomic E-state index is 0.265. The molecule has 0 aromatic carbocycles. The summed E-state index contributed by atoms with van der Waals surface area (Å²) in [5.74, 6) is -1.05. The fourth-order valence-corrected chi connectivity index (χ4v) is 2.24. The molecule has 0 bridgehead atoms. The second kappa shape index (κ2) is 6.41. The van der Waals surface area contributed by atoms with Crippen molar-refractivity contribution in [2.45, 2.75) is 33.3 Å². The van der Waals surface area contributed by atoms with Crippen LogP contribution in [0, 0.1) is 0 Å². The molecular weight excluding hydrogens is 264 g/mol. The number of rotatable bonds is 4. The summed E-state index contributed by atoms with van der Waals surface area (Å²) in [6, 6.07) is 0. The molecule has 7 nitrogen and oxygen atoms in total. The van der Waals surface area contributed by atoms with Gasteiger partial charge in [-0.3, -0.25) is 4.79 Å². The molecule has 0 aromatic heterocycles. The van der Waals surface area contributed by atoms with Crippen LogP contribution in [0.4, 0.5) is 4.79 Å². The van der Waals surface area contributed by atoms with E-state index in [2.05, 4.69) is 0 Å². The highest BCUT2D eigenvalue weighted by atomic mass is 16.6. The number of hydrogen-bond acceptors (Lipinski definition) is 4. The molecule has 0 atom stereocenters. The van der Waals surface area contributed by atoms with Crippen LogP contribution < -0.4 is 0 Å². The third kappa shape index (κ3) is 4.35. The lowest BCUT2D eigenvalue weighted by Gasteiger charge is -2.45. The predicted molar refractivity (Wildman–Crippen MR) is 71.9 cm³/mol. The van der Waals surface area contributed by atoms with Gasteiger partial charge in [-0.25, -0.2) is 9.39 Å². The Hall–Kier alpha value is -1.34. The minimum Gasteiger partial charge on any atom is -0.480 e. The predicted octanol–water partition coefficient (Wildman–Crippen LogP) is 1.09. The van der Waals surface area contributed by atoms with Gasteiger partial charge in [-0.2, -0.15) is 0 Å². The smallest absolute Gasteiger partial charge is 0.455 e. The van der Waals surface area contributed by atoms with Gasteiger partial charge in [0.2, 0.25) is 0 Å². The van der Waals surface area contributed by atoms with Crippen LogP contribution in [0.3, 0.4) is 0 Å². The Kier molecular flexibility index (Phi) is 5.35. The van der Waals surface area contributed by atoms with Gasteiger partial charge in [0.25, 0.3) is 0 Å². The summed E-state index contributed by atoms with van der Waals surface area (Å²) in [4.78, 5) is 23.4. The number of ether oxygens (including phenoxy) is 2. The molecule has 20 heavy (non-hydrogen) atoms. The summed E-state index contributed by atoms with van der Waals surface area (Å²) in [7, 11) is 0. The number of aliphatic carboxylic acids is 1. The molecule has 1 fully saturated rings. The van der Waals surface area contributed by atoms with Gasteiger partial charge in [-0.1, -0.05) is 0 Å². The molecule has 116 valence electrons. The average Bonchev–Trinajstić information content (AvgIpc) is 2.34. The van der Waals surface area contributed by atoms with Crippen molar-refractivity contribution in [3.8, 4) is 0 Å². The maximum atomic E-state index is 12.3. The first-order valence-corrected chi connectivity index (χ1v) is 6.87. The SMILES string of the molecule is CC[N+]1(N(CC(=O)O)C(=O)OC(C)(C)C)CCOCC1. The molecule has 1 saturated heterocycles. The van der Waals surface area contributed by atoms with Gasteiger partial charge in [-0.15, -0.1) is 5.01 Å². The summed E-state index contributed by atoms with van der Waals surface area (Å²) in [6.45, 7) is 9.63. The zero-order valence-electron chi connectivity index (χ0n) is 12.7. The van der Waals surface area contributed by atoms with Crippen molar-refractivity contribution in [2.75, 3.05) is 39.4 Å². The van der Waals surface area contributed by atoms with Gasteiger partial charge in [0.05, 0.1) is 19.8 Å². The van der Waals surface area contributed by atoms with Crippen molar-refractivity contribution in [3.63, 3.8) is 0 Å². The first kappa shape index (κ1) is 16.7. The normalized spacial score (nSPS) is 18.4. The first-order valence-electron chi connectivity index (χ1n) is 6.87. The molecule has 1 aliphatic rings. The number of quaternary nitrogens is 1. The summed E-state index contributed by atoms with van der Waals surface area (Å²) >= 11 is 0. The summed E-state index contributed by atoms with van der Waals surface area (Å²) in [6.07, 6.45) is -0.594. The Balaban J connectivity index is 2.97. The first-order chi connectivity index (χ1) is 9.20. The van der Waals surface area contributed by atoms with Gasteiger partial charge >= 0.3 is 12.1 Å². The molecule has 0 aliphatic carbocycles. The van der Waals surface area contributed by atoms with E-state index in [9.17, 15) is 9.59 Å². The standard InChI is InChI=1S/C13H24N2O5/c1-5-15(6-8-19-9-7-15)14(10-11(16)17)12(18)20-13(2,3)4/h5-10H2,1-4H3/p+1. The second-order valence-electron chi connectivity index (χ2n) is 5.90. The van der Waals surface area contributed by atoms with Gasteiger partial charge in [-0.05, 0) is 27.7 Å². The fraction of sp³-hybridized carbons (Fsp3) is 0.846. The fourth-order valence-electron chi connectivity index (χ4n) is 2.24. The second-order valence-corrected chi connectivity index (χ2v) is 5.90. The van der Waals surface area contributed by atoms with E-state index in [1.54, 1.807) is 20.8 Å². The highest BCUT2D eigenvalue weighted by Gasteiger charge is 2.42. The number of likely N-dealkylation sites (N-methyl/N-ethyl adjacent to an activating group) is 1. The summed E-state index contributed by atoms with van der Waals surface area (Å²) < 4.78 is 10.9. The molecular formula is C13H25N2O5+. The van der Waals surface area contributed by atoms with Gasteiger partial charge in [0.1, 0.15) is 18.7 Å². The number of amides is 1. The van der Waals surface area contributed by atoms with E-state index in [4.69, 9.17) is 14.6 Å². The number of carboxylic acid groups (broad SMARTS) is 1. The molecule has 0 radical (unpaired) electrons. The minimum atomic E-state index is -1.05. The van der Waals surface area contributed by atoms with Crippen molar-refractivity contribution in [1.29, 1.82) is 0 Å². The highest BCUT2D eigenvalue weighted by Crippen LogP contribution is 2.20. The number of nitrogens with zero attached hydrogens (tertiary/aromatic N) is 2. The number of morpholine rings is 1. The van der Waals surface area contributed by atoms with E-state index in [1.807, 2.05) is 6.92 Å². The van der Waals surface area contributed by atoms with Crippen LogP contribution in [0.5, 0.6) is 0 Å². The molecule has 1 heterocycles. The molecule has 0 unspecified atom stereocenters. The highest BCUT2D eigenvalue weighted by molar-refractivity contribution is 5.75. The number of carbonyl (C=O) groups is 2. The summed E-state index contributed by atoms with van der Waals surface area (Å²) in [5, 5.41) is 10.4. The maximum absolute atomic E-state index is 12.3. The van der Waals surface area contributed by atoms with Crippen molar-refractivity contribution in [3.05, 3.63) is 0 Å². The van der Waals surface area contributed by atoms with Crippen LogP contribution in [-0.2, 0) is 14.3 Å². The van der Waals surface area contributed by atoms with Crippen LogP contribution in [-0.4, -0.2) is 71.8 Å². The van der Waals surface area contributed by atoms with Gasteiger partial charge in [0.15, 0.2) is 6.54 Å². The van der Waals surface area contributed by atoms with Crippen LogP contribution in [0.15, 0.2) is 0 Å². The third-order valence-electron chi connectivity index (χ3n) is 3.29. The Morgan fingerprint density at radius 1 is 1.30 bits per heavy atom. The van der Waals surface area contributed by atoms with Crippen LogP contribution >= 0.6 is 0 Å². The molecule has 7 heteroatoms. The van der Waals surface area contributed by atoms with E-state index >= 15 is 0 Å². The summed E-state index contributed by atoms with van der Waals surface area (Å²) in [5.41, 5.74) is -0.655. The topological polar surface area (TPSA) is 76.1 Å². The largest absolute Gasteiger partial charge is 0.480 e.